The Bertz CT molecular complexity index is 943. The van der Waals surface area contributed by atoms with Gasteiger partial charge in [-0.2, -0.15) is 4.80 Å². The number of hydrogen-bond donors (Lipinski definition) is 1. The van der Waals surface area contributed by atoms with Crippen LogP contribution >= 0.6 is 11.6 Å². The molecule has 0 unspecified atom stereocenters. The van der Waals surface area contributed by atoms with Crippen molar-refractivity contribution in [2.45, 2.75) is 38.5 Å². The monoisotopic (exact) mass is 461 g/mol. The summed E-state index contributed by atoms with van der Waals surface area (Å²) in [6, 6.07) is 7.10. The maximum Gasteiger partial charge on any atom is 0.246 e. The van der Waals surface area contributed by atoms with Crippen molar-refractivity contribution in [3.8, 4) is 11.4 Å². The Morgan fingerprint density at radius 1 is 1.03 bits per heavy atom. The van der Waals surface area contributed by atoms with Gasteiger partial charge < -0.3 is 14.9 Å². The molecule has 2 amide bonds. The van der Waals surface area contributed by atoms with E-state index in [4.69, 9.17) is 11.6 Å². The first kappa shape index (κ1) is 22.6. The number of nitrogens with zero attached hydrogens (tertiary/aromatic N) is 7. The van der Waals surface area contributed by atoms with E-state index < -0.39 is 6.10 Å². The van der Waals surface area contributed by atoms with Crippen molar-refractivity contribution < 1.29 is 14.7 Å². The van der Waals surface area contributed by atoms with Gasteiger partial charge in [-0.25, -0.2) is 0 Å². The summed E-state index contributed by atoms with van der Waals surface area (Å²) in [6.07, 6.45) is 0.704. The number of likely N-dealkylation sites (tertiary alicyclic amines) is 1. The summed E-state index contributed by atoms with van der Waals surface area (Å²) in [6.45, 7) is 5.47. The minimum Gasteiger partial charge on any atom is -0.391 e. The van der Waals surface area contributed by atoms with Crippen LogP contribution in [0.15, 0.2) is 24.3 Å². The van der Waals surface area contributed by atoms with Crippen molar-refractivity contribution in [3.05, 3.63) is 29.3 Å². The fourth-order valence-corrected chi connectivity index (χ4v) is 4.49. The van der Waals surface area contributed by atoms with Crippen molar-refractivity contribution in [1.29, 1.82) is 0 Å². The third kappa shape index (κ3) is 5.25. The second-order valence-electron chi connectivity index (χ2n) is 8.29. The first-order chi connectivity index (χ1) is 15.4. The molecule has 0 aliphatic carbocycles. The summed E-state index contributed by atoms with van der Waals surface area (Å²) in [4.78, 5) is 31.6. The molecule has 4 rings (SSSR count). The molecule has 1 aromatic heterocycles. The van der Waals surface area contributed by atoms with Crippen LogP contribution in [0.25, 0.3) is 11.4 Å². The Kier molecular flexibility index (Phi) is 7.02. The minimum absolute atomic E-state index is 0.00135. The van der Waals surface area contributed by atoms with E-state index in [0.29, 0.717) is 49.9 Å². The molecule has 0 saturated carbocycles. The quantitative estimate of drug-likeness (QED) is 0.706. The molecule has 172 valence electrons. The molecule has 0 spiro atoms. The number of benzene rings is 1. The first-order valence-corrected chi connectivity index (χ1v) is 11.3. The lowest BCUT2D eigenvalue weighted by molar-refractivity contribution is -0.133. The Morgan fingerprint density at radius 3 is 2.41 bits per heavy atom. The number of aliphatic hydroxyl groups excluding tert-OH is 1. The molecule has 2 fully saturated rings. The standard InChI is InChI=1S/C21H28ClN7O3/c1-15(30)26-10-12-27(13-11-26)18-6-8-28(9-7-19(18)31)20(32)14-29-24-21(23-25-29)16-2-4-17(22)5-3-16/h2-5,18-19,31H,6-14H2,1H3/t18-,19-/m0/s1. The van der Waals surface area contributed by atoms with Crippen LogP contribution in [0.1, 0.15) is 19.8 Å². The molecule has 2 atom stereocenters. The molecule has 1 N–H and O–H groups in total. The number of aromatic nitrogens is 4. The van der Waals surface area contributed by atoms with Crippen LogP contribution in [0.2, 0.25) is 5.02 Å². The van der Waals surface area contributed by atoms with Gasteiger partial charge in [0.05, 0.1) is 6.10 Å². The second-order valence-corrected chi connectivity index (χ2v) is 8.72. The molecular formula is C21H28ClN7O3. The summed E-state index contributed by atoms with van der Waals surface area (Å²) in [7, 11) is 0. The average Bonchev–Trinajstić information content (AvgIpc) is 3.15. The summed E-state index contributed by atoms with van der Waals surface area (Å²) in [5.41, 5.74) is 0.777. The van der Waals surface area contributed by atoms with E-state index in [1.807, 2.05) is 4.90 Å². The van der Waals surface area contributed by atoms with E-state index in [9.17, 15) is 14.7 Å². The van der Waals surface area contributed by atoms with Crippen LogP contribution in [-0.4, -0.2) is 103 Å². The van der Waals surface area contributed by atoms with Crippen molar-refractivity contribution in [3.63, 3.8) is 0 Å². The zero-order valence-electron chi connectivity index (χ0n) is 18.1. The molecule has 11 heteroatoms. The average molecular weight is 462 g/mol. The third-order valence-electron chi connectivity index (χ3n) is 6.25. The zero-order chi connectivity index (χ0) is 22.7. The molecule has 0 radical (unpaired) electrons. The second kappa shape index (κ2) is 9.93. The number of rotatable bonds is 4. The van der Waals surface area contributed by atoms with Gasteiger partial charge in [-0.05, 0) is 42.3 Å². The van der Waals surface area contributed by atoms with Gasteiger partial charge in [-0.3, -0.25) is 14.5 Å². The van der Waals surface area contributed by atoms with Crippen LogP contribution in [0.5, 0.6) is 0 Å². The number of tetrazole rings is 1. The number of carbonyl (C=O) groups excluding carboxylic acids is 2. The number of aliphatic hydroxyl groups is 1. The Balaban J connectivity index is 1.32. The van der Waals surface area contributed by atoms with E-state index in [-0.39, 0.29) is 24.4 Å². The van der Waals surface area contributed by atoms with Crippen molar-refractivity contribution in [2.24, 2.45) is 0 Å². The van der Waals surface area contributed by atoms with Gasteiger partial charge in [0.15, 0.2) is 0 Å². The van der Waals surface area contributed by atoms with Crippen LogP contribution in [0.4, 0.5) is 0 Å². The van der Waals surface area contributed by atoms with Crippen molar-refractivity contribution in [1.82, 2.24) is 34.9 Å². The molecule has 2 aliphatic rings. The predicted octanol–water partition coefficient (Wildman–Crippen LogP) is 0.510. The maximum absolute atomic E-state index is 12.9. The van der Waals surface area contributed by atoms with E-state index in [1.54, 1.807) is 36.1 Å². The van der Waals surface area contributed by atoms with Gasteiger partial charge in [0.1, 0.15) is 6.54 Å². The topological polar surface area (TPSA) is 108 Å². The summed E-state index contributed by atoms with van der Waals surface area (Å²) < 4.78 is 0. The molecule has 32 heavy (non-hydrogen) atoms. The van der Waals surface area contributed by atoms with E-state index >= 15 is 0 Å². The number of carbonyl (C=O) groups is 2. The lowest BCUT2D eigenvalue weighted by Crippen LogP contribution is -2.54. The minimum atomic E-state index is -0.502. The fourth-order valence-electron chi connectivity index (χ4n) is 4.36. The molecule has 2 saturated heterocycles. The lowest BCUT2D eigenvalue weighted by Gasteiger charge is -2.40. The third-order valence-corrected chi connectivity index (χ3v) is 6.50. The number of amides is 2. The Labute approximate surface area is 191 Å². The maximum atomic E-state index is 12.9. The van der Waals surface area contributed by atoms with Crippen LogP contribution < -0.4 is 0 Å². The first-order valence-electron chi connectivity index (χ1n) is 10.9. The molecule has 10 nitrogen and oxygen atoms in total. The van der Waals surface area contributed by atoms with Gasteiger partial charge in [0.2, 0.25) is 17.6 Å². The predicted molar refractivity (Wildman–Crippen MR) is 118 cm³/mol. The van der Waals surface area contributed by atoms with Crippen molar-refractivity contribution in [2.75, 3.05) is 39.3 Å². The highest BCUT2D eigenvalue weighted by atomic mass is 35.5. The summed E-state index contributed by atoms with van der Waals surface area (Å²) in [5, 5.41) is 23.7. The van der Waals surface area contributed by atoms with Crippen molar-refractivity contribution >= 4 is 23.4 Å². The number of halogens is 1. The van der Waals surface area contributed by atoms with E-state index in [2.05, 4.69) is 20.3 Å². The number of piperazine rings is 1. The normalized spacial score (nSPS) is 22.6. The van der Waals surface area contributed by atoms with Gasteiger partial charge >= 0.3 is 0 Å². The van der Waals surface area contributed by atoms with Gasteiger partial charge in [-0.1, -0.05) is 11.6 Å². The highest BCUT2D eigenvalue weighted by Crippen LogP contribution is 2.20. The highest BCUT2D eigenvalue weighted by Gasteiger charge is 2.33. The SMILES string of the molecule is CC(=O)N1CCN([C@H]2CCN(C(=O)Cn3nnc(-c4ccc(Cl)cc4)n3)CC[C@@H]2O)CC1. The molecule has 0 bridgehead atoms. The fraction of sp³-hybridized carbons (Fsp3) is 0.571. The zero-order valence-corrected chi connectivity index (χ0v) is 18.9. The smallest absolute Gasteiger partial charge is 0.246 e. The molecule has 2 aromatic rings. The van der Waals surface area contributed by atoms with Crippen LogP contribution in [0.3, 0.4) is 0 Å². The Hall–Kier alpha value is -2.56. The van der Waals surface area contributed by atoms with Crippen LogP contribution in [0, 0.1) is 0 Å². The van der Waals surface area contributed by atoms with Crippen LogP contribution in [-0.2, 0) is 16.1 Å². The summed E-state index contributed by atoms with van der Waals surface area (Å²) >= 11 is 5.91. The lowest BCUT2D eigenvalue weighted by atomic mass is 10.0. The van der Waals surface area contributed by atoms with Gasteiger partial charge in [-0.15, -0.1) is 10.2 Å². The van der Waals surface area contributed by atoms with Gasteiger partial charge in [0, 0.05) is 62.8 Å². The van der Waals surface area contributed by atoms with E-state index in [1.165, 1.54) is 4.80 Å². The van der Waals surface area contributed by atoms with Gasteiger partial charge in [0.25, 0.3) is 0 Å². The highest BCUT2D eigenvalue weighted by molar-refractivity contribution is 6.30. The largest absolute Gasteiger partial charge is 0.391 e. The molecule has 2 aliphatic heterocycles. The molecular weight excluding hydrogens is 434 g/mol. The molecule has 1 aromatic carbocycles. The van der Waals surface area contributed by atoms with E-state index in [0.717, 1.165) is 18.7 Å². The number of hydrogen-bond acceptors (Lipinski definition) is 7. The summed E-state index contributed by atoms with van der Waals surface area (Å²) in [5.74, 6) is 0.425. The Morgan fingerprint density at radius 2 is 1.72 bits per heavy atom. The molecule has 3 heterocycles.